The van der Waals surface area contributed by atoms with Gasteiger partial charge in [0.05, 0.1) is 5.92 Å². The normalized spacial score (nSPS) is 42.1. The van der Waals surface area contributed by atoms with Crippen LogP contribution < -0.4 is 0 Å². The minimum absolute atomic E-state index is 0.0534. The summed E-state index contributed by atoms with van der Waals surface area (Å²) in [5.41, 5.74) is 1.90. The summed E-state index contributed by atoms with van der Waals surface area (Å²) in [6.45, 7) is 10.6. The van der Waals surface area contributed by atoms with E-state index in [1.807, 2.05) is 0 Å². The molecule has 0 radical (unpaired) electrons. The van der Waals surface area contributed by atoms with Gasteiger partial charge in [-0.3, -0.25) is 4.79 Å². The van der Waals surface area contributed by atoms with Crippen LogP contribution in [0.1, 0.15) is 71.6 Å². The molecular formula is C25H40N2O2. The van der Waals surface area contributed by atoms with Gasteiger partial charge in [0.25, 0.3) is 0 Å². The molecule has 0 N–H and O–H groups in total. The molecule has 4 fully saturated rings. The van der Waals surface area contributed by atoms with Crippen molar-refractivity contribution in [2.75, 3.05) is 32.7 Å². The summed E-state index contributed by atoms with van der Waals surface area (Å²) in [6, 6.07) is 0.774. The molecule has 0 aromatic heterocycles. The van der Waals surface area contributed by atoms with Crippen molar-refractivity contribution in [2.45, 2.75) is 83.8 Å². The number of hydrogen-bond donors (Lipinski definition) is 0. The fourth-order valence-corrected chi connectivity index (χ4v) is 7.29. The van der Waals surface area contributed by atoms with Crippen molar-refractivity contribution in [3.63, 3.8) is 0 Å². The Bertz CT molecular complexity index is 647. The van der Waals surface area contributed by atoms with Crippen LogP contribution in [0.15, 0.2) is 11.6 Å². The Kier molecular flexibility index (Phi) is 5.53. The highest BCUT2D eigenvalue weighted by molar-refractivity contribution is 5.76. The van der Waals surface area contributed by atoms with Gasteiger partial charge in [-0.2, -0.15) is 0 Å². The molecule has 162 valence electrons. The van der Waals surface area contributed by atoms with E-state index in [0.29, 0.717) is 11.8 Å². The molecule has 4 heteroatoms. The Morgan fingerprint density at radius 2 is 1.83 bits per heavy atom. The zero-order valence-corrected chi connectivity index (χ0v) is 18.6. The lowest BCUT2D eigenvalue weighted by Crippen LogP contribution is -2.48. The van der Waals surface area contributed by atoms with Gasteiger partial charge in [0.2, 0.25) is 0 Å². The number of rotatable bonds is 3. The number of piperidine rings is 2. The average molecular weight is 401 g/mol. The Hall–Kier alpha value is -0.870. The van der Waals surface area contributed by atoms with Crippen molar-refractivity contribution < 1.29 is 9.53 Å². The van der Waals surface area contributed by atoms with Crippen LogP contribution in [0, 0.1) is 23.2 Å². The molecule has 3 aliphatic heterocycles. The van der Waals surface area contributed by atoms with E-state index >= 15 is 0 Å². The minimum atomic E-state index is 0.0534. The van der Waals surface area contributed by atoms with Gasteiger partial charge in [-0.05, 0) is 82.5 Å². The van der Waals surface area contributed by atoms with E-state index in [-0.39, 0.29) is 23.4 Å². The monoisotopic (exact) mass is 400 g/mol. The van der Waals surface area contributed by atoms with E-state index in [1.54, 1.807) is 5.57 Å². The molecule has 5 rings (SSSR count). The zero-order chi connectivity index (χ0) is 20.0. The lowest BCUT2D eigenvalue weighted by atomic mass is 9.59. The maximum Gasteiger partial charge on any atom is 0.311 e. The van der Waals surface area contributed by atoms with E-state index in [1.165, 1.54) is 64.5 Å². The summed E-state index contributed by atoms with van der Waals surface area (Å²) in [4.78, 5) is 18.1. The second-order valence-corrected chi connectivity index (χ2v) is 11.0. The third kappa shape index (κ3) is 3.80. The molecular weight excluding hydrogens is 360 g/mol. The standard InChI is InChI=1S/C25H40N2O2/c1-18-7-6-10-25(2)16-23-20(15-22(18)25)21(24(28)29-23)17-26-13-8-19(9-14-26)27-11-4-3-5-12-27/h15,18-21,23H,3-14,16-17H2,1-2H3. The van der Waals surface area contributed by atoms with Gasteiger partial charge in [-0.25, -0.2) is 0 Å². The van der Waals surface area contributed by atoms with E-state index in [2.05, 4.69) is 29.7 Å². The maximum atomic E-state index is 12.8. The lowest BCUT2D eigenvalue weighted by Gasteiger charge is -2.46. The summed E-state index contributed by atoms with van der Waals surface area (Å²) in [7, 11) is 0. The Labute approximate surface area is 177 Å². The Morgan fingerprint density at radius 1 is 1.07 bits per heavy atom. The smallest absolute Gasteiger partial charge is 0.311 e. The van der Waals surface area contributed by atoms with Crippen LogP contribution >= 0.6 is 0 Å². The maximum absolute atomic E-state index is 12.8. The molecule has 3 saturated heterocycles. The van der Waals surface area contributed by atoms with Crippen LogP contribution in [-0.2, 0) is 9.53 Å². The van der Waals surface area contributed by atoms with Crippen molar-refractivity contribution in [3.05, 3.63) is 11.6 Å². The molecule has 0 aromatic carbocycles. The van der Waals surface area contributed by atoms with Gasteiger partial charge in [0, 0.05) is 18.5 Å². The molecule has 0 amide bonds. The molecule has 0 aromatic rings. The molecule has 5 atom stereocenters. The van der Waals surface area contributed by atoms with Crippen LogP contribution in [0.2, 0.25) is 0 Å². The third-order valence-corrected chi connectivity index (χ3v) is 9.00. The first-order chi connectivity index (χ1) is 14.0. The summed E-state index contributed by atoms with van der Waals surface area (Å²) < 4.78 is 5.97. The molecule has 0 bridgehead atoms. The van der Waals surface area contributed by atoms with Crippen molar-refractivity contribution >= 4 is 5.97 Å². The Balaban J connectivity index is 1.23. The number of carbonyl (C=O) groups is 1. The van der Waals surface area contributed by atoms with Crippen LogP contribution in [0.4, 0.5) is 0 Å². The molecule has 29 heavy (non-hydrogen) atoms. The summed E-state index contributed by atoms with van der Waals surface area (Å²) in [5.74, 6) is 1.11. The molecule has 3 heterocycles. The van der Waals surface area contributed by atoms with Gasteiger partial charge in [-0.1, -0.05) is 38.3 Å². The predicted octanol–water partition coefficient (Wildman–Crippen LogP) is 4.25. The topological polar surface area (TPSA) is 32.8 Å². The summed E-state index contributed by atoms with van der Waals surface area (Å²) >= 11 is 0. The number of carbonyl (C=O) groups excluding carboxylic acids is 1. The highest BCUT2D eigenvalue weighted by Gasteiger charge is 2.52. The molecule has 2 aliphatic carbocycles. The zero-order valence-electron chi connectivity index (χ0n) is 18.6. The fraction of sp³-hybridized carbons (Fsp3) is 0.880. The second-order valence-electron chi connectivity index (χ2n) is 11.0. The van der Waals surface area contributed by atoms with E-state index < -0.39 is 0 Å². The SMILES string of the molecule is CC1CCCC2(C)CC3OC(=O)C(CN4CCC(N5CCCCC5)CC4)C3C=C12. The molecule has 0 spiro atoms. The van der Waals surface area contributed by atoms with E-state index in [0.717, 1.165) is 32.1 Å². The van der Waals surface area contributed by atoms with Gasteiger partial charge >= 0.3 is 5.97 Å². The number of likely N-dealkylation sites (tertiary alicyclic amines) is 2. The largest absolute Gasteiger partial charge is 0.461 e. The van der Waals surface area contributed by atoms with Gasteiger partial charge in [0.15, 0.2) is 0 Å². The average Bonchev–Trinajstić information content (AvgIpc) is 3.01. The van der Waals surface area contributed by atoms with Crippen molar-refractivity contribution in [2.24, 2.45) is 23.2 Å². The first kappa shape index (κ1) is 20.1. The highest BCUT2D eigenvalue weighted by Crippen LogP contribution is 2.54. The summed E-state index contributed by atoms with van der Waals surface area (Å²) in [6.07, 6.45) is 14.3. The number of esters is 1. The van der Waals surface area contributed by atoms with Crippen LogP contribution in [0.5, 0.6) is 0 Å². The van der Waals surface area contributed by atoms with Gasteiger partial charge in [-0.15, -0.1) is 0 Å². The van der Waals surface area contributed by atoms with Crippen LogP contribution in [0.3, 0.4) is 0 Å². The van der Waals surface area contributed by atoms with Gasteiger partial charge in [0.1, 0.15) is 6.10 Å². The van der Waals surface area contributed by atoms with Gasteiger partial charge < -0.3 is 14.5 Å². The summed E-state index contributed by atoms with van der Waals surface area (Å²) in [5, 5.41) is 0. The van der Waals surface area contributed by atoms with Crippen molar-refractivity contribution in [1.82, 2.24) is 9.80 Å². The lowest BCUT2D eigenvalue weighted by molar-refractivity contribution is -0.145. The van der Waals surface area contributed by atoms with Crippen molar-refractivity contribution in [3.8, 4) is 0 Å². The number of allylic oxidation sites excluding steroid dienone is 1. The van der Waals surface area contributed by atoms with Crippen LogP contribution in [0.25, 0.3) is 0 Å². The Morgan fingerprint density at radius 3 is 2.59 bits per heavy atom. The number of ether oxygens (including phenoxy) is 1. The number of hydrogen-bond acceptors (Lipinski definition) is 4. The predicted molar refractivity (Wildman–Crippen MR) is 116 cm³/mol. The minimum Gasteiger partial charge on any atom is -0.461 e. The van der Waals surface area contributed by atoms with E-state index in [9.17, 15) is 4.79 Å². The molecule has 1 saturated carbocycles. The second kappa shape index (κ2) is 8.00. The number of fused-ring (bicyclic) bond motifs is 2. The van der Waals surface area contributed by atoms with E-state index in [4.69, 9.17) is 4.74 Å². The molecule has 5 unspecified atom stereocenters. The third-order valence-electron chi connectivity index (χ3n) is 9.00. The first-order valence-corrected chi connectivity index (χ1v) is 12.4. The molecule has 4 nitrogen and oxygen atoms in total. The van der Waals surface area contributed by atoms with Crippen LogP contribution in [-0.4, -0.2) is 60.6 Å². The number of nitrogens with zero attached hydrogens (tertiary/aromatic N) is 2. The first-order valence-electron chi connectivity index (χ1n) is 12.4. The molecule has 5 aliphatic rings. The highest BCUT2D eigenvalue weighted by atomic mass is 16.6. The quantitative estimate of drug-likeness (QED) is 0.524. The fourth-order valence-electron chi connectivity index (χ4n) is 7.29. The van der Waals surface area contributed by atoms with Crippen molar-refractivity contribution in [1.29, 1.82) is 0 Å².